The molecule has 0 atom stereocenters. The molecular weight excluding hydrogens is 340 g/mol. The summed E-state index contributed by atoms with van der Waals surface area (Å²) in [5.41, 5.74) is 0.761. The number of piperidine rings is 1. The van der Waals surface area contributed by atoms with E-state index in [0.29, 0.717) is 5.15 Å². The molecule has 1 amide bonds. The number of carbonyl (C=O) groups excluding carboxylic acids is 1. The van der Waals surface area contributed by atoms with Crippen LogP contribution in [0.15, 0.2) is 12.4 Å². The summed E-state index contributed by atoms with van der Waals surface area (Å²) in [5.74, 6) is 0. The summed E-state index contributed by atoms with van der Waals surface area (Å²) in [6.45, 7) is 10.2. The summed E-state index contributed by atoms with van der Waals surface area (Å²) in [5, 5.41) is 0.425. The van der Waals surface area contributed by atoms with Gasteiger partial charge in [0.1, 0.15) is 10.8 Å². The lowest BCUT2D eigenvalue weighted by molar-refractivity contribution is 0.0245. The molecule has 3 rings (SSSR count). The molecule has 1 aromatic heterocycles. The Bertz CT molecular complexity index is 606. The van der Waals surface area contributed by atoms with Crippen molar-refractivity contribution in [3.05, 3.63) is 23.2 Å². The van der Waals surface area contributed by atoms with Gasteiger partial charge in [-0.15, -0.1) is 0 Å². The first-order chi connectivity index (χ1) is 11.7. The molecule has 0 aliphatic carbocycles. The van der Waals surface area contributed by atoms with Crippen molar-refractivity contribution in [2.45, 2.75) is 52.2 Å². The summed E-state index contributed by atoms with van der Waals surface area (Å²) in [7, 11) is 0. The molecule has 6 nitrogen and oxygen atoms in total. The molecule has 0 saturated carbocycles. The normalized spacial score (nSPS) is 20.9. The largest absolute Gasteiger partial charge is 0.444 e. The van der Waals surface area contributed by atoms with Crippen LogP contribution in [0.1, 0.15) is 45.7 Å². The van der Waals surface area contributed by atoms with E-state index < -0.39 is 5.60 Å². The van der Waals surface area contributed by atoms with Crippen LogP contribution in [0.4, 0.5) is 4.79 Å². The van der Waals surface area contributed by atoms with Gasteiger partial charge in [0.25, 0.3) is 0 Å². The summed E-state index contributed by atoms with van der Waals surface area (Å²) in [4.78, 5) is 25.0. The molecule has 0 unspecified atom stereocenters. The van der Waals surface area contributed by atoms with Crippen LogP contribution >= 0.6 is 11.6 Å². The van der Waals surface area contributed by atoms with Crippen LogP contribution < -0.4 is 0 Å². The minimum atomic E-state index is -0.435. The van der Waals surface area contributed by atoms with Gasteiger partial charge in [-0.3, -0.25) is 9.88 Å². The van der Waals surface area contributed by atoms with E-state index in [2.05, 4.69) is 14.9 Å². The third-order valence-electron chi connectivity index (χ3n) is 5.07. The maximum absolute atomic E-state index is 12.3. The van der Waals surface area contributed by atoms with Crippen LogP contribution in [0.3, 0.4) is 0 Å². The molecule has 0 radical (unpaired) electrons. The number of aromatic nitrogens is 2. The highest BCUT2D eigenvalue weighted by atomic mass is 35.5. The molecule has 1 spiro atoms. The number of halogens is 1. The molecule has 0 N–H and O–H groups in total. The molecule has 0 bridgehead atoms. The molecule has 25 heavy (non-hydrogen) atoms. The Hall–Kier alpha value is -1.40. The predicted octanol–water partition coefficient (Wildman–Crippen LogP) is 3.35. The van der Waals surface area contributed by atoms with Gasteiger partial charge < -0.3 is 9.64 Å². The van der Waals surface area contributed by atoms with Crippen molar-refractivity contribution in [2.24, 2.45) is 5.41 Å². The average molecular weight is 367 g/mol. The van der Waals surface area contributed by atoms with Gasteiger partial charge in [-0.05, 0) is 58.5 Å². The summed E-state index contributed by atoms with van der Waals surface area (Å²) in [6.07, 6.45) is 6.44. The van der Waals surface area contributed by atoms with Crippen molar-refractivity contribution in [3.63, 3.8) is 0 Å². The Morgan fingerprint density at radius 2 is 1.88 bits per heavy atom. The second kappa shape index (κ2) is 7.08. The Labute approximate surface area is 154 Å². The van der Waals surface area contributed by atoms with Gasteiger partial charge in [-0.2, -0.15) is 0 Å². The lowest BCUT2D eigenvalue weighted by atomic mass is 9.78. The highest BCUT2D eigenvalue weighted by Crippen LogP contribution is 2.41. The van der Waals surface area contributed by atoms with Crippen molar-refractivity contribution >= 4 is 17.7 Å². The Kier molecular flexibility index (Phi) is 5.21. The molecule has 1 aromatic rings. The monoisotopic (exact) mass is 366 g/mol. The fraction of sp³-hybridized carbons (Fsp3) is 0.722. The number of hydrogen-bond acceptors (Lipinski definition) is 5. The fourth-order valence-corrected chi connectivity index (χ4v) is 3.76. The zero-order valence-electron chi connectivity index (χ0n) is 15.3. The zero-order valence-corrected chi connectivity index (χ0v) is 16.1. The number of amides is 1. The lowest BCUT2D eigenvalue weighted by Crippen LogP contribution is -2.42. The minimum Gasteiger partial charge on any atom is -0.444 e. The first-order valence-corrected chi connectivity index (χ1v) is 9.29. The number of ether oxygens (including phenoxy) is 1. The summed E-state index contributed by atoms with van der Waals surface area (Å²) in [6, 6.07) is 0. The standard InChI is InChI=1S/C18H27ClN4O2/c1-17(2,3)25-16(24)23-9-6-18(13-23)4-7-22(8-5-18)12-14-10-21-15(19)11-20-14/h10-11H,4-9,12-13H2,1-3H3. The van der Waals surface area contributed by atoms with Crippen LogP contribution in [-0.4, -0.2) is 57.6 Å². The second-order valence-electron chi connectivity index (χ2n) is 8.26. The smallest absolute Gasteiger partial charge is 0.410 e. The van der Waals surface area contributed by atoms with E-state index in [-0.39, 0.29) is 11.5 Å². The number of hydrogen-bond donors (Lipinski definition) is 0. The highest BCUT2D eigenvalue weighted by Gasteiger charge is 2.43. The summed E-state index contributed by atoms with van der Waals surface area (Å²) < 4.78 is 5.52. The van der Waals surface area contributed by atoms with Crippen LogP contribution in [-0.2, 0) is 11.3 Å². The van der Waals surface area contributed by atoms with Crippen molar-refractivity contribution in [1.29, 1.82) is 0 Å². The van der Waals surface area contributed by atoms with Gasteiger partial charge in [0.05, 0.1) is 18.1 Å². The molecule has 2 fully saturated rings. The maximum Gasteiger partial charge on any atom is 0.410 e. The van der Waals surface area contributed by atoms with Crippen molar-refractivity contribution in [1.82, 2.24) is 19.8 Å². The molecule has 0 aromatic carbocycles. The number of rotatable bonds is 2. The quantitative estimate of drug-likeness (QED) is 0.803. The van der Waals surface area contributed by atoms with Crippen LogP contribution in [0, 0.1) is 5.41 Å². The van der Waals surface area contributed by atoms with Gasteiger partial charge in [0.2, 0.25) is 0 Å². The van der Waals surface area contributed by atoms with Gasteiger partial charge in [0.15, 0.2) is 0 Å². The van der Waals surface area contributed by atoms with E-state index in [0.717, 1.165) is 57.7 Å². The first kappa shape index (κ1) is 18.4. The molecule has 138 valence electrons. The zero-order chi connectivity index (χ0) is 18.1. The lowest BCUT2D eigenvalue weighted by Gasteiger charge is -2.39. The highest BCUT2D eigenvalue weighted by molar-refractivity contribution is 6.29. The number of carbonyl (C=O) groups is 1. The number of likely N-dealkylation sites (tertiary alicyclic amines) is 2. The minimum absolute atomic E-state index is 0.178. The van der Waals surface area contributed by atoms with E-state index in [1.165, 1.54) is 0 Å². The molecule has 7 heteroatoms. The Morgan fingerprint density at radius 3 is 2.48 bits per heavy atom. The van der Waals surface area contributed by atoms with Crippen LogP contribution in [0.5, 0.6) is 0 Å². The van der Waals surface area contributed by atoms with Crippen molar-refractivity contribution in [2.75, 3.05) is 26.2 Å². The van der Waals surface area contributed by atoms with Gasteiger partial charge >= 0.3 is 6.09 Å². The topological polar surface area (TPSA) is 58.6 Å². The predicted molar refractivity (Wildman–Crippen MR) is 96.4 cm³/mol. The number of nitrogens with zero attached hydrogens (tertiary/aromatic N) is 4. The van der Waals surface area contributed by atoms with Gasteiger partial charge in [0, 0.05) is 19.6 Å². The van der Waals surface area contributed by atoms with Crippen LogP contribution in [0.25, 0.3) is 0 Å². The van der Waals surface area contributed by atoms with E-state index in [9.17, 15) is 4.79 Å². The van der Waals surface area contributed by atoms with E-state index in [4.69, 9.17) is 16.3 Å². The van der Waals surface area contributed by atoms with Crippen LogP contribution in [0.2, 0.25) is 5.15 Å². The third-order valence-corrected chi connectivity index (χ3v) is 5.26. The SMILES string of the molecule is CC(C)(C)OC(=O)N1CCC2(CCN(Cc3cnc(Cl)cn3)CC2)C1. The van der Waals surface area contributed by atoms with Gasteiger partial charge in [-0.1, -0.05) is 11.6 Å². The maximum atomic E-state index is 12.3. The second-order valence-corrected chi connectivity index (χ2v) is 8.65. The molecule has 2 saturated heterocycles. The van der Waals surface area contributed by atoms with E-state index in [1.54, 1.807) is 12.4 Å². The Morgan fingerprint density at radius 1 is 1.20 bits per heavy atom. The van der Waals surface area contributed by atoms with E-state index in [1.807, 2.05) is 25.7 Å². The molecular formula is C18H27ClN4O2. The van der Waals surface area contributed by atoms with Gasteiger partial charge in [-0.25, -0.2) is 9.78 Å². The first-order valence-electron chi connectivity index (χ1n) is 8.91. The third kappa shape index (κ3) is 4.82. The molecule has 2 aliphatic heterocycles. The average Bonchev–Trinajstić information content (AvgIpc) is 2.95. The van der Waals surface area contributed by atoms with Crippen molar-refractivity contribution < 1.29 is 9.53 Å². The van der Waals surface area contributed by atoms with E-state index >= 15 is 0 Å². The Balaban J connectivity index is 1.50. The fourth-order valence-electron chi connectivity index (χ4n) is 3.66. The summed E-state index contributed by atoms with van der Waals surface area (Å²) >= 11 is 5.79. The van der Waals surface area contributed by atoms with Crippen molar-refractivity contribution in [3.8, 4) is 0 Å². The molecule has 2 aliphatic rings. The molecule has 3 heterocycles.